The van der Waals surface area contributed by atoms with Crippen LogP contribution in [0, 0.1) is 0 Å². The van der Waals surface area contributed by atoms with Crippen LogP contribution in [0.1, 0.15) is 11.1 Å². The minimum Gasteiger partial charge on any atom is -0.394 e. The first-order valence-electron chi connectivity index (χ1n) is 8.80. The van der Waals surface area contributed by atoms with Crippen molar-refractivity contribution in [2.45, 2.75) is 0 Å². The van der Waals surface area contributed by atoms with Crippen molar-refractivity contribution >= 4 is 44.5 Å². The number of aliphatic hydroxyl groups excluding tert-OH is 1. The number of carbonyl (C=O) groups excluding carboxylic acids is 1. The number of hydrogen-bond donors (Lipinski definition) is 3. The summed E-state index contributed by atoms with van der Waals surface area (Å²) in [5.74, 6) is -0.192. The SMILES string of the molecule is O=C1Nc2cc(Br)ccc2/C1=C1/Nc2ccccc2/C1=N\OCCOCCO. The van der Waals surface area contributed by atoms with Crippen LogP contribution < -0.4 is 10.6 Å². The van der Waals surface area contributed by atoms with Crippen LogP contribution in [0.15, 0.2) is 57.8 Å². The van der Waals surface area contributed by atoms with E-state index in [4.69, 9.17) is 14.7 Å². The molecule has 0 unspecified atom stereocenters. The largest absolute Gasteiger partial charge is 0.394 e. The number of benzene rings is 2. The van der Waals surface area contributed by atoms with Crippen LogP contribution in [0.2, 0.25) is 0 Å². The zero-order valence-corrected chi connectivity index (χ0v) is 16.5. The van der Waals surface area contributed by atoms with Gasteiger partial charge in [0.2, 0.25) is 0 Å². The van der Waals surface area contributed by atoms with Gasteiger partial charge >= 0.3 is 0 Å². The van der Waals surface area contributed by atoms with E-state index >= 15 is 0 Å². The second-order valence-corrected chi connectivity index (χ2v) is 7.09. The van der Waals surface area contributed by atoms with Gasteiger partial charge in [0.05, 0.1) is 36.8 Å². The second kappa shape index (κ2) is 8.14. The molecule has 0 spiro atoms. The van der Waals surface area contributed by atoms with Crippen LogP contribution in [-0.4, -0.2) is 43.2 Å². The molecule has 2 heterocycles. The molecular weight excluding hydrogens is 426 g/mol. The van der Waals surface area contributed by atoms with Gasteiger partial charge in [0.25, 0.3) is 5.91 Å². The van der Waals surface area contributed by atoms with E-state index < -0.39 is 0 Å². The Hall–Kier alpha value is -2.68. The monoisotopic (exact) mass is 443 g/mol. The van der Waals surface area contributed by atoms with E-state index in [0.717, 1.165) is 27.0 Å². The number of oxime groups is 1. The minimum atomic E-state index is -0.192. The molecule has 0 saturated carbocycles. The number of anilines is 2. The number of halogens is 1. The van der Waals surface area contributed by atoms with E-state index in [-0.39, 0.29) is 25.7 Å². The van der Waals surface area contributed by atoms with Crippen molar-refractivity contribution in [3.05, 3.63) is 63.8 Å². The smallest absolute Gasteiger partial charge is 0.258 e. The first kappa shape index (κ1) is 18.7. The first-order valence-corrected chi connectivity index (χ1v) is 9.59. The van der Waals surface area contributed by atoms with E-state index in [1.54, 1.807) is 0 Å². The molecule has 0 aliphatic carbocycles. The van der Waals surface area contributed by atoms with Crippen LogP contribution >= 0.6 is 15.9 Å². The van der Waals surface area contributed by atoms with Crippen LogP contribution in [-0.2, 0) is 14.4 Å². The molecule has 2 aliphatic rings. The molecule has 2 aromatic carbocycles. The van der Waals surface area contributed by atoms with Crippen LogP contribution in [0.3, 0.4) is 0 Å². The van der Waals surface area contributed by atoms with E-state index in [0.29, 0.717) is 23.6 Å². The molecule has 2 aromatic rings. The summed E-state index contributed by atoms with van der Waals surface area (Å²) in [4.78, 5) is 18.1. The van der Waals surface area contributed by atoms with Gasteiger partial charge in [-0.15, -0.1) is 0 Å². The lowest BCUT2D eigenvalue weighted by Gasteiger charge is -2.07. The van der Waals surface area contributed by atoms with Crippen molar-refractivity contribution in [1.29, 1.82) is 0 Å². The van der Waals surface area contributed by atoms with Crippen molar-refractivity contribution in [3.63, 3.8) is 0 Å². The third-order valence-corrected chi connectivity index (χ3v) is 4.86. The third kappa shape index (κ3) is 3.54. The Morgan fingerprint density at radius 3 is 2.71 bits per heavy atom. The lowest BCUT2D eigenvalue weighted by atomic mass is 10.0. The highest BCUT2D eigenvalue weighted by Gasteiger charge is 2.34. The lowest BCUT2D eigenvalue weighted by molar-refractivity contribution is -0.110. The fraction of sp³-hybridized carbons (Fsp3) is 0.200. The molecule has 0 atom stereocenters. The Kier molecular flexibility index (Phi) is 5.43. The Morgan fingerprint density at radius 2 is 1.86 bits per heavy atom. The zero-order chi connectivity index (χ0) is 19.5. The van der Waals surface area contributed by atoms with Crippen LogP contribution in [0.25, 0.3) is 5.57 Å². The lowest BCUT2D eigenvalue weighted by Crippen LogP contribution is -2.13. The molecule has 0 bridgehead atoms. The summed E-state index contributed by atoms with van der Waals surface area (Å²) >= 11 is 3.43. The molecule has 144 valence electrons. The van der Waals surface area contributed by atoms with Crippen molar-refractivity contribution in [2.75, 3.05) is 37.1 Å². The highest BCUT2D eigenvalue weighted by molar-refractivity contribution is 9.10. The number of nitrogens with zero attached hydrogens (tertiary/aromatic N) is 1. The number of rotatable bonds is 6. The number of fused-ring (bicyclic) bond motifs is 2. The standard InChI is InChI=1S/C20H18BrN3O4/c21-12-5-6-13-16(11-12)23-20(26)17(13)19-18(24-28-10-9-27-8-7-25)14-3-1-2-4-15(14)22-19/h1-6,11,22,25H,7-10H2,(H,23,26)/b19-17-,24-18+. The van der Waals surface area contributed by atoms with Gasteiger partial charge in [-0.2, -0.15) is 0 Å². The van der Waals surface area contributed by atoms with Crippen molar-refractivity contribution < 1.29 is 19.5 Å². The zero-order valence-electron chi connectivity index (χ0n) is 14.9. The predicted octanol–water partition coefficient (Wildman–Crippen LogP) is 2.97. The van der Waals surface area contributed by atoms with Crippen molar-refractivity contribution in [3.8, 4) is 0 Å². The van der Waals surface area contributed by atoms with Gasteiger partial charge in [0.1, 0.15) is 12.3 Å². The maximum absolute atomic E-state index is 12.7. The molecule has 4 rings (SSSR count). The van der Waals surface area contributed by atoms with Crippen LogP contribution in [0.5, 0.6) is 0 Å². The molecule has 1 amide bonds. The topological polar surface area (TPSA) is 92.2 Å². The summed E-state index contributed by atoms with van der Waals surface area (Å²) in [5, 5.41) is 19.2. The number of allylic oxidation sites excluding steroid dienone is 1. The number of amides is 1. The quantitative estimate of drug-likeness (QED) is 0.362. The highest BCUT2D eigenvalue weighted by Crippen LogP contribution is 2.39. The molecule has 0 radical (unpaired) electrons. The van der Waals surface area contributed by atoms with Crippen molar-refractivity contribution in [2.24, 2.45) is 5.16 Å². The Balaban J connectivity index is 1.70. The number of nitrogens with one attached hydrogen (secondary N) is 2. The number of aliphatic hydroxyl groups is 1. The molecule has 0 fully saturated rings. The minimum absolute atomic E-state index is 0.0350. The Labute approximate surface area is 170 Å². The first-order chi connectivity index (χ1) is 13.7. The molecule has 2 aliphatic heterocycles. The van der Waals surface area contributed by atoms with Gasteiger partial charge in [0, 0.05) is 21.3 Å². The molecule has 0 saturated heterocycles. The van der Waals surface area contributed by atoms with Gasteiger partial charge in [-0.05, 0) is 18.2 Å². The van der Waals surface area contributed by atoms with E-state index in [9.17, 15) is 4.79 Å². The normalized spacial score (nSPS) is 18.6. The number of carbonyl (C=O) groups is 1. The summed E-state index contributed by atoms with van der Waals surface area (Å²) in [5.41, 5.74) is 4.98. The van der Waals surface area contributed by atoms with Gasteiger partial charge in [-0.25, -0.2) is 0 Å². The summed E-state index contributed by atoms with van der Waals surface area (Å²) in [7, 11) is 0. The maximum Gasteiger partial charge on any atom is 0.258 e. The molecule has 0 aromatic heterocycles. The molecular formula is C20H18BrN3O4. The number of hydrogen-bond acceptors (Lipinski definition) is 6. The van der Waals surface area contributed by atoms with Crippen LogP contribution in [0.4, 0.5) is 11.4 Å². The molecule has 8 heteroatoms. The average Bonchev–Trinajstić information content (AvgIpc) is 3.20. The van der Waals surface area contributed by atoms with Gasteiger partial charge in [-0.1, -0.05) is 45.4 Å². The third-order valence-electron chi connectivity index (χ3n) is 4.37. The summed E-state index contributed by atoms with van der Waals surface area (Å²) in [6, 6.07) is 13.3. The fourth-order valence-electron chi connectivity index (χ4n) is 3.17. The number of ether oxygens (including phenoxy) is 1. The van der Waals surface area contributed by atoms with E-state index in [1.165, 1.54) is 0 Å². The average molecular weight is 444 g/mol. The second-order valence-electron chi connectivity index (χ2n) is 6.17. The molecule has 3 N–H and O–H groups in total. The van der Waals surface area contributed by atoms with E-state index in [1.807, 2.05) is 42.5 Å². The summed E-state index contributed by atoms with van der Waals surface area (Å²) in [6.45, 7) is 0.776. The van der Waals surface area contributed by atoms with Gasteiger partial charge in [-0.3, -0.25) is 4.79 Å². The predicted molar refractivity (Wildman–Crippen MR) is 110 cm³/mol. The molecule has 28 heavy (non-hydrogen) atoms. The summed E-state index contributed by atoms with van der Waals surface area (Å²) < 4.78 is 6.07. The Morgan fingerprint density at radius 1 is 1.00 bits per heavy atom. The number of para-hydroxylation sites is 1. The molecule has 7 nitrogen and oxygen atoms in total. The van der Waals surface area contributed by atoms with Crippen molar-refractivity contribution in [1.82, 2.24) is 0 Å². The van der Waals surface area contributed by atoms with Gasteiger partial charge < -0.3 is 25.3 Å². The summed E-state index contributed by atoms with van der Waals surface area (Å²) in [6.07, 6.45) is 0. The van der Waals surface area contributed by atoms with E-state index in [2.05, 4.69) is 31.7 Å². The maximum atomic E-state index is 12.7. The fourth-order valence-corrected chi connectivity index (χ4v) is 3.53. The Bertz CT molecular complexity index is 987. The highest BCUT2D eigenvalue weighted by atomic mass is 79.9. The van der Waals surface area contributed by atoms with Gasteiger partial charge in [0.15, 0.2) is 0 Å².